The fraction of sp³-hybridized carbons (Fsp3) is 0.286. The Kier molecular flexibility index (Phi) is 3.85. The van der Waals surface area contributed by atoms with Crippen molar-refractivity contribution < 1.29 is 19.1 Å². The summed E-state index contributed by atoms with van der Waals surface area (Å²) in [6.07, 6.45) is 1.75. The van der Waals surface area contributed by atoms with Crippen LogP contribution in [0.4, 0.5) is 0 Å². The molecule has 19 heavy (non-hydrogen) atoms. The van der Waals surface area contributed by atoms with Crippen LogP contribution in [0.3, 0.4) is 0 Å². The minimum atomic E-state index is -0.369. The van der Waals surface area contributed by atoms with Gasteiger partial charge in [0, 0.05) is 6.42 Å². The molecular formula is C14H15NO4. The van der Waals surface area contributed by atoms with E-state index in [9.17, 15) is 9.59 Å². The van der Waals surface area contributed by atoms with Gasteiger partial charge in [0.1, 0.15) is 11.9 Å². The Labute approximate surface area is 111 Å². The molecule has 1 amide bonds. The van der Waals surface area contributed by atoms with Gasteiger partial charge in [0.05, 0.1) is 19.2 Å². The summed E-state index contributed by atoms with van der Waals surface area (Å²) < 4.78 is 10.3. The molecular weight excluding hydrogens is 246 g/mol. The number of hydrogen-bond donors (Lipinski definition) is 1. The van der Waals surface area contributed by atoms with E-state index in [-0.39, 0.29) is 18.0 Å². The van der Waals surface area contributed by atoms with Crippen molar-refractivity contribution in [3.8, 4) is 5.75 Å². The lowest BCUT2D eigenvalue weighted by Crippen LogP contribution is -2.33. The first-order valence-electron chi connectivity index (χ1n) is 5.92. The van der Waals surface area contributed by atoms with E-state index in [2.05, 4.69) is 16.6 Å². The Morgan fingerprint density at radius 1 is 1.58 bits per heavy atom. The number of carbonyl (C=O) groups is 2. The second kappa shape index (κ2) is 5.56. The predicted octanol–water partition coefficient (Wildman–Crippen LogP) is 1.08. The largest absolute Gasteiger partial charge is 0.488 e. The molecule has 2 rings (SSSR count). The predicted molar refractivity (Wildman–Crippen MR) is 69.1 cm³/mol. The van der Waals surface area contributed by atoms with E-state index in [1.54, 1.807) is 18.2 Å². The molecule has 0 saturated carbocycles. The molecule has 1 unspecified atom stereocenters. The molecule has 1 aromatic rings. The maximum Gasteiger partial charge on any atom is 0.337 e. The quantitative estimate of drug-likeness (QED) is 0.650. The highest BCUT2D eigenvalue weighted by molar-refractivity contribution is 5.89. The van der Waals surface area contributed by atoms with Crippen LogP contribution in [0, 0.1) is 0 Å². The first kappa shape index (κ1) is 13.1. The van der Waals surface area contributed by atoms with Gasteiger partial charge in [-0.15, -0.1) is 0 Å². The normalized spacial score (nSPS) is 16.2. The van der Waals surface area contributed by atoms with E-state index in [0.717, 1.165) is 11.3 Å². The van der Waals surface area contributed by atoms with E-state index < -0.39 is 0 Å². The number of fused-ring (bicyclic) bond motifs is 1. The molecule has 0 fully saturated rings. The summed E-state index contributed by atoms with van der Waals surface area (Å²) in [4.78, 5) is 22.5. The summed E-state index contributed by atoms with van der Waals surface area (Å²) in [5.41, 5.74) is 1.45. The van der Waals surface area contributed by atoms with Crippen LogP contribution >= 0.6 is 0 Å². The second-order valence-corrected chi connectivity index (χ2v) is 4.21. The van der Waals surface area contributed by atoms with Crippen molar-refractivity contribution in [2.45, 2.75) is 12.5 Å². The number of amides is 1. The monoisotopic (exact) mass is 261 g/mol. The zero-order chi connectivity index (χ0) is 13.8. The topological polar surface area (TPSA) is 64.6 Å². The van der Waals surface area contributed by atoms with Crippen molar-refractivity contribution in [3.63, 3.8) is 0 Å². The SMILES string of the molecule is C=CC(=O)NCC1Cc2cc(C(=O)OC)ccc2O1. The Balaban J connectivity index is 2.02. The number of hydrogen-bond acceptors (Lipinski definition) is 4. The highest BCUT2D eigenvalue weighted by Crippen LogP contribution is 2.29. The molecule has 100 valence electrons. The van der Waals surface area contributed by atoms with Crippen LogP contribution in [-0.2, 0) is 16.0 Å². The van der Waals surface area contributed by atoms with Crippen molar-refractivity contribution in [1.29, 1.82) is 0 Å². The van der Waals surface area contributed by atoms with Crippen LogP contribution in [0.25, 0.3) is 0 Å². The van der Waals surface area contributed by atoms with E-state index in [1.165, 1.54) is 13.2 Å². The number of methoxy groups -OCH3 is 1. The molecule has 0 saturated heterocycles. The van der Waals surface area contributed by atoms with Crippen molar-refractivity contribution in [2.24, 2.45) is 0 Å². The van der Waals surface area contributed by atoms with Gasteiger partial charge in [-0.05, 0) is 29.8 Å². The van der Waals surface area contributed by atoms with Crippen molar-refractivity contribution in [2.75, 3.05) is 13.7 Å². The molecule has 0 radical (unpaired) electrons. The number of ether oxygens (including phenoxy) is 2. The molecule has 0 spiro atoms. The smallest absolute Gasteiger partial charge is 0.337 e. The lowest BCUT2D eigenvalue weighted by molar-refractivity contribution is -0.116. The molecule has 0 aromatic heterocycles. The van der Waals surface area contributed by atoms with Crippen LogP contribution in [0.15, 0.2) is 30.9 Å². The van der Waals surface area contributed by atoms with Crippen LogP contribution < -0.4 is 10.1 Å². The third kappa shape index (κ3) is 2.93. The fourth-order valence-corrected chi connectivity index (χ4v) is 1.97. The zero-order valence-electron chi connectivity index (χ0n) is 10.6. The van der Waals surface area contributed by atoms with Crippen molar-refractivity contribution in [1.82, 2.24) is 5.32 Å². The summed E-state index contributed by atoms with van der Waals surface area (Å²) in [5, 5.41) is 2.68. The summed E-state index contributed by atoms with van der Waals surface area (Å²) in [6.45, 7) is 3.79. The van der Waals surface area contributed by atoms with Crippen molar-refractivity contribution in [3.05, 3.63) is 42.0 Å². The number of benzene rings is 1. The fourth-order valence-electron chi connectivity index (χ4n) is 1.97. The highest BCUT2D eigenvalue weighted by atomic mass is 16.5. The minimum absolute atomic E-state index is 0.119. The molecule has 1 atom stereocenters. The molecule has 5 nitrogen and oxygen atoms in total. The third-order valence-corrected chi connectivity index (χ3v) is 2.91. The summed E-state index contributed by atoms with van der Waals surface area (Å²) >= 11 is 0. The van der Waals surface area contributed by atoms with Crippen LogP contribution in [0.1, 0.15) is 15.9 Å². The second-order valence-electron chi connectivity index (χ2n) is 4.21. The van der Waals surface area contributed by atoms with Gasteiger partial charge in [-0.25, -0.2) is 4.79 Å². The Morgan fingerprint density at radius 2 is 2.37 bits per heavy atom. The lowest BCUT2D eigenvalue weighted by Gasteiger charge is -2.10. The van der Waals surface area contributed by atoms with Crippen LogP contribution in [0.5, 0.6) is 5.75 Å². The minimum Gasteiger partial charge on any atom is -0.488 e. The first-order chi connectivity index (χ1) is 9.13. The third-order valence-electron chi connectivity index (χ3n) is 2.91. The van der Waals surface area contributed by atoms with E-state index >= 15 is 0 Å². The van der Waals surface area contributed by atoms with Gasteiger partial charge in [-0.2, -0.15) is 0 Å². The van der Waals surface area contributed by atoms with Gasteiger partial charge in [0.15, 0.2) is 0 Å². The number of carbonyl (C=O) groups excluding carboxylic acids is 2. The van der Waals surface area contributed by atoms with Gasteiger partial charge in [-0.1, -0.05) is 6.58 Å². The number of esters is 1. The average Bonchev–Trinajstić information content (AvgIpc) is 2.85. The van der Waals surface area contributed by atoms with Crippen LogP contribution in [0.2, 0.25) is 0 Å². The van der Waals surface area contributed by atoms with Crippen molar-refractivity contribution >= 4 is 11.9 Å². The average molecular weight is 261 g/mol. The van der Waals surface area contributed by atoms with E-state index in [1.807, 2.05) is 0 Å². The maximum absolute atomic E-state index is 11.4. The molecule has 1 aromatic carbocycles. The van der Waals surface area contributed by atoms with Gasteiger partial charge in [-0.3, -0.25) is 4.79 Å². The maximum atomic E-state index is 11.4. The lowest BCUT2D eigenvalue weighted by atomic mass is 10.1. The summed E-state index contributed by atoms with van der Waals surface area (Å²) in [6, 6.07) is 5.17. The molecule has 1 aliphatic rings. The standard InChI is InChI=1S/C14H15NO4/c1-3-13(16)15-8-11-7-10-6-9(14(17)18-2)4-5-12(10)19-11/h3-6,11H,1,7-8H2,2H3,(H,15,16). The molecule has 5 heteroatoms. The van der Waals surface area contributed by atoms with Crippen LogP contribution in [-0.4, -0.2) is 31.6 Å². The molecule has 0 aliphatic carbocycles. The van der Waals surface area contributed by atoms with E-state index in [4.69, 9.17) is 4.74 Å². The zero-order valence-corrected chi connectivity index (χ0v) is 10.6. The molecule has 0 bridgehead atoms. The van der Waals surface area contributed by atoms with Gasteiger partial charge in [0.2, 0.25) is 5.91 Å². The molecule has 1 N–H and O–H groups in total. The molecule has 1 aliphatic heterocycles. The number of nitrogens with one attached hydrogen (secondary N) is 1. The van der Waals surface area contributed by atoms with Gasteiger partial charge < -0.3 is 14.8 Å². The Hall–Kier alpha value is -2.30. The summed E-state index contributed by atoms with van der Waals surface area (Å²) in [7, 11) is 1.35. The number of rotatable bonds is 4. The Morgan fingerprint density at radius 3 is 3.05 bits per heavy atom. The Bertz CT molecular complexity index is 524. The highest BCUT2D eigenvalue weighted by Gasteiger charge is 2.24. The van der Waals surface area contributed by atoms with Gasteiger partial charge >= 0.3 is 5.97 Å². The first-order valence-corrected chi connectivity index (χ1v) is 5.92. The van der Waals surface area contributed by atoms with Gasteiger partial charge in [0.25, 0.3) is 0 Å². The summed E-state index contributed by atoms with van der Waals surface area (Å²) in [5.74, 6) is 0.145. The molecule has 1 heterocycles. The van der Waals surface area contributed by atoms with E-state index in [0.29, 0.717) is 18.5 Å².